The maximum absolute atomic E-state index is 11.8. The van der Waals surface area contributed by atoms with Crippen molar-refractivity contribution in [2.75, 3.05) is 17.2 Å². The largest absolute Gasteiger partial charge is 0.399 e. The Hall–Kier alpha value is -1.84. The molecule has 0 unspecified atom stereocenters. The number of hydrogen-bond donors (Lipinski definition) is 1. The molecule has 0 radical (unpaired) electrons. The number of amides is 1. The number of nitrogens with two attached hydrogens (primary N) is 1. The molecule has 0 atom stereocenters. The maximum Gasteiger partial charge on any atom is 0.223 e. The highest BCUT2D eigenvalue weighted by Crippen LogP contribution is 2.28. The average molecular weight is 218 g/mol. The molecule has 1 amide bonds. The van der Waals surface area contributed by atoms with E-state index >= 15 is 0 Å². The molecule has 0 fully saturated rings. The number of anilines is 2. The van der Waals surface area contributed by atoms with E-state index in [-0.39, 0.29) is 11.7 Å². The molecule has 16 heavy (non-hydrogen) atoms. The van der Waals surface area contributed by atoms with E-state index in [1.54, 1.807) is 23.1 Å². The molecule has 0 aliphatic carbocycles. The Morgan fingerprint density at radius 3 is 2.88 bits per heavy atom. The van der Waals surface area contributed by atoms with Crippen LogP contribution >= 0.6 is 0 Å². The van der Waals surface area contributed by atoms with Crippen molar-refractivity contribution in [2.45, 2.75) is 19.8 Å². The first-order valence-corrected chi connectivity index (χ1v) is 5.30. The van der Waals surface area contributed by atoms with E-state index in [1.807, 2.05) is 0 Å². The number of carbonyl (C=O) groups excluding carboxylic acids is 2. The van der Waals surface area contributed by atoms with Gasteiger partial charge in [0.25, 0.3) is 0 Å². The van der Waals surface area contributed by atoms with Crippen molar-refractivity contribution in [3.8, 4) is 0 Å². The van der Waals surface area contributed by atoms with Gasteiger partial charge in [0.05, 0.1) is 5.69 Å². The summed E-state index contributed by atoms with van der Waals surface area (Å²) in [5.41, 5.74) is 7.46. The standard InChI is InChI=1S/C12H14N2O2/c1-8(15)14-6-2-3-12(16)10-7-9(13)4-5-11(10)14/h4-5,7H,2-3,6,13H2,1H3. The third-order valence-electron chi connectivity index (χ3n) is 2.78. The first kappa shape index (κ1) is 10.7. The van der Waals surface area contributed by atoms with Gasteiger partial charge in [-0.1, -0.05) is 0 Å². The van der Waals surface area contributed by atoms with Gasteiger partial charge in [-0.15, -0.1) is 0 Å². The highest BCUT2D eigenvalue weighted by molar-refractivity contribution is 6.06. The van der Waals surface area contributed by atoms with Crippen molar-refractivity contribution >= 4 is 23.1 Å². The molecule has 1 aliphatic heterocycles. The molecule has 0 saturated carbocycles. The molecule has 2 N–H and O–H groups in total. The van der Waals surface area contributed by atoms with Gasteiger partial charge in [0, 0.05) is 31.1 Å². The van der Waals surface area contributed by atoms with Crippen LogP contribution in [-0.4, -0.2) is 18.2 Å². The van der Waals surface area contributed by atoms with Crippen LogP contribution in [0.15, 0.2) is 18.2 Å². The van der Waals surface area contributed by atoms with E-state index in [4.69, 9.17) is 5.73 Å². The molecular formula is C12H14N2O2. The van der Waals surface area contributed by atoms with Crippen molar-refractivity contribution in [3.05, 3.63) is 23.8 Å². The zero-order valence-electron chi connectivity index (χ0n) is 9.19. The van der Waals surface area contributed by atoms with Crippen LogP contribution in [0.25, 0.3) is 0 Å². The third kappa shape index (κ3) is 1.78. The Morgan fingerprint density at radius 1 is 1.44 bits per heavy atom. The van der Waals surface area contributed by atoms with Crippen molar-refractivity contribution in [2.24, 2.45) is 0 Å². The summed E-state index contributed by atoms with van der Waals surface area (Å²) in [6.45, 7) is 2.11. The SMILES string of the molecule is CC(=O)N1CCCC(=O)c2cc(N)ccc21. The number of nitrogens with zero attached hydrogens (tertiary/aromatic N) is 1. The Kier molecular flexibility index (Phi) is 2.64. The number of rotatable bonds is 0. The Morgan fingerprint density at radius 2 is 2.19 bits per heavy atom. The zero-order valence-corrected chi connectivity index (χ0v) is 9.19. The van der Waals surface area contributed by atoms with Crippen LogP contribution in [0.5, 0.6) is 0 Å². The molecule has 4 heteroatoms. The second-order valence-corrected chi connectivity index (χ2v) is 3.97. The number of nitrogen functional groups attached to an aromatic ring is 1. The van der Waals surface area contributed by atoms with Gasteiger partial charge in [-0.25, -0.2) is 0 Å². The molecule has 1 aliphatic rings. The normalized spacial score (nSPS) is 15.6. The average Bonchev–Trinajstić information content (AvgIpc) is 2.39. The van der Waals surface area contributed by atoms with Gasteiger partial charge >= 0.3 is 0 Å². The molecule has 0 aromatic heterocycles. The fourth-order valence-corrected chi connectivity index (χ4v) is 1.99. The van der Waals surface area contributed by atoms with E-state index in [9.17, 15) is 9.59 Å². The first-order chi connectivity index (χ1) is 7.59. The van der Waals surface area contributed by atoms with Gasteiger partial charge in [0.2, 0.25) is 5.91 Å². The molecule has 4 nitrogen and oxygen atoms in total. The molecule has 0 bridgehead atoms. The van der Waals surface area contributed by atoms with E-state index in [2.05, 4.69) is 0 Å². The minimum atomic E-state index is -0.0410. The van der Waals surface area contributed by atoms with E-state index in [0.717, 1.165) is 0 Å². The Balaban J connectivity index is 2.56. The van der Waals surface area contributed by atoms with E-state index in [1.165, 1.54) is 6.92 Å². The summed E-state index contributed by atoms with van der Waals surface area (Å²) in [7, 11) is 0. The van der Waals surface area contributed by atoms with Gasteiger partial charge in [-0.2, -0.15) is 0 Å². The number of Topliss-reactive ketones (excluding diaryl/α,β-unsaturated/α-hetero) is 1. The molecule has 1 aromatic rings. The quantitative estimate of drug-likeness (QED) is 0.673. The fourth-order valence-electron chi connectivity index (χ4n) is 1.99. The third-order valence-corrected chi connectivity index (χ3v) is 2.78. The molecule has 1 heterocycles. The summed E-state index contributed by atoms with van der Waals surface area (Å²) in [6, 6.07) is 5.11. The van der Waals surface area contributed by atoms with Gasteiger partial charge in [-0.3, -0.25) is 9.59 Å². The number of hydrogen-bond acceptors (Lipinski definition) is 3. The molecule has 84 valence electrons. The van der Waals surface area contributed by atoms with Crippen LogP contribution in [0.4, 0.5) is 11.4 Å². The summed E-state index contributed by atoms with van der Waals surface area (Å²) >= 11 is 0. The number of ketones is 1. The summed E-state index contributed by atoms with van der Waals surface area (Å²) < 4.78 is 0. The zero-order chi connectivity index (χ0) is 11.7. The van der Waals surface area contributed by atoms with E-state index < -0.39 is 0 Å². The topological polar surface area (TPSA) is 63.4 Å². The maximum atomic E-state index is 11.8. The smallest absolute Gasteiger partial charge is 0.223 e. The lowest BCUT2D eigenvalue weighted by molar-refractivity contribution is -0.116. The predicted octanol–water partition coefficient (Wildman–Crippen LogP) is 1.60. The number of fused-ring (bicyclic) bond motifs is 1. The van der Waals surface area contributed by atoms with Crippen molar-refractivity contribution in [1.82, 2.24) is 0 Å². The highest BCUT2D eigenvalue weighted by atomic mass is 16.2. The molecule has 2 rings (SSSR count). The Labute approximate surface area is 94.0 Å². The summed E-state index contributed by atoms with van der Waals surface area (Å²) in [5.74, 6) is 0.0202. The monoisotopic (exact) mass is 218 g/mol. The summed E-state index contributed by atoms with van der Waals surface area (Å²) in [4.78, 5) is 25.0. The lowest BCUT2D eigenvalue weighted by atomic mass is 10.1. The lowest BCUT2D eigenvalue weighted by Crippen LogP contribution is -2.29. The fraction of sp³-hybridized carbons (Fsp3) is 0.333. The van der Waals surface area contributed by atoms with Gasteiger partial charge in [0.1, 0.15) is 0 Å². The van der Waals surface area contributed by atoms with Gasteiger partial charge in [-0.05, 0) is 24.6 Å². The van der Waals surface area contributed by atoms with Gasteiger partial charge in [0.15, 0.2) is 5.78 Å². The Bertz CT molecular complexity index is 454. The molecule has 1 aromatic carbocycles. The first-order valence-electron chi connectivity index (χ1n) is 5.30. The lowest BCUT2D eigenvalue weighted by Gasteiger charge is -2.20. The van der Waals surface area contributed by atoms with Crippen LogP contribution in [0.1, 0.15) is 30.1 Å². The molecule has 0 spiro atoms. The van der Waals surface area contributed by atoms with Crippen LogP contribution in [0, 0.1) is 0 Å². The second kappa shape index (κ2) is 3.96. The highest BCUT2D eigenvalue weighted by Gasteiger charge is 2.22. The number of carbonyl (C=O) groups is 2. The predicted molar refractivity (Wildman–Crippen MR) is 62.4 cm³/mol. The van der Waals surface area contributed by atoms with Crippen molar-refractivity contribution in [1.29, 1.82) is 0 Å². The minimum Gasteiger partial charge on any atom is -0.399 e. The summed E-state index contributed by atoms with van der Waals surface area (Å²) in [6.07, 6.45) is 1.17. The second-order valence-electron chi connectivity index (χ2n) is 3.97. The number of benzene rings is 1. The van der Waals surface area contributed by atoms with Crippen LogP contribution in [0.2, 0.25) is 0 Å². The minimum absolute atomic E-state index is 0.0410. The van der Waals surface area contributed by atoms with E-state index in [0.29, 0.717) is 36.3 Å². The van der Waals surface area contributed by atoms with Crippen LogP contribution < -0.4 is 10.6 Å². The van der Waals surface area contributed by atoms with Crippen molar-refractivity contribution in [3.63, 3.8) is 0 Å². The van der Waals surface area contributed by atoms with Crippen LogP contribution in [-0.2, 0) is 4.79 Å². The van der Waals surface area contributed by atoms with Crippen molar-refractivity contribution < 1.29 is 9.59 Å². The molecular weight excluding hydrogens is 204 g/mol. The van der Waals surface area contributed by atoms with Crippen LogP contribution in [0.3, 0.4) is 0 Å². The molecule has 0 saturated heterocycles. The van der Waals surface area contributed by atoms with Gasteiger partial charge < -0.3 is 10.6 Å². The summed E-state index contributed by atoms with van der Waals surface area (Å²) in [5, 5.41) is 0.